The monoisotopic (exact) mass is 418 g/mol. The van der Waals surface area contributed by atoms with Gasteiger partial charge in [0.1, 0.15) is 0 Å². The van der Waals surface area contributed by atoms with Gasteiger partial charge < -0.3 is 0 Å². The normalized spacial score (nSPS) is 11.9. The summed E-state index contributed by atoms with van der Waals surface area (Å²) < 4.78 is 2.10. The fourth-order valence-corrected chi connectivity index (χ4v) is 4.53. The van der Waals surface area contributed by atoms with E-state index in [4.69, 9.17) is 0 Å². The summed E-state index contributed by atoms with van der Waals surface area (Å²) in [7, 11) is 0. The van der Waals surface area contributed by atoms with Crippen molar-refractivity contribution < 1.29 is 4.79 Å². The second-order valence-corrected chi connectivity index (χ2v) is 8.44. The van der Waals surface area contributed by atoms with E-state index in [2.05, 4.69) is 44.8 Å². The number of halogens is 2. The molecule has 0 saturated heterocycles. The molecule has 2 aromatic rings. The number of carbonyl (C=O) groups excluding carboxylic acids is 1. The number of allylic oxidation sites excluding steroid dienone is 2. The number of hydrogen-bond donors (Lipinski definition) is 0. The Morgan fingerprint density at radius 1 is 1.05 bits per heavy atom. The standard InChI is InChI=1S/C14H12Br2OS2/c1-7(13-5-10(15)8(2)18-13)4-12(17)14-6-11(16)9(3)19-14/h4-6H,1-3H3/b7-4-. The van der Waals surface area contributed by atoms with Crippen molar-refractivity contribution >= 4 is 65.9 Å². The van der Waals surface area contributed by atoms with E-state index in [9.17, 15) is 4.79 Å². The van der Waals surface area contributed by atoms with Crippen LogP contribution >= 0.6 is 54.5 Å². The van der Waals surface area contributed by atoms with Crippen LogP contribution in [0.2, 0.25) is 0 Å². The van der Waals surface area contributed by atoms with E-state index in [1.54, 1.807) is 17.4 Å². The molecule has 19 heavy (non-hydrogen) atoms. The summed E-state index contributed by atoms with van der Waals surface area (Å²) in [5, 5.41) is 0. The average molecular weight is 420 g/mol. The van der Waals surface area contributed by atoms with Gasteiger partial charge in [-0.3, -0.25) is 4.79 Å². The van der Waals surface area contributed by atoms with Crippen LogP contribution in [0.1, 0.15) is 31.2 Å². The quantitative estimate of drug-likeness (QED) is 0.425. The van der Waals surface area contributed by atoms with Crippen molar-refractivity contribution in [3.63, 3.8) is 0 Å². The van der Waals surface area contributed by atoms with Crippen LogP contribution in [-0.4, -0.2) is 5.78 Å². The molecule has 0 aliphatic rings. The molecule has 0 N–H and O–H groups in total. The Morgan fingerprint density at radius 3 is 1.95 bits per heavy atom. The Bertz CT molecular complexity index is 626. The number of carbonyl (C=O) groups is 1. The van der Waals surface area contributed by atoms with E-state index in [1.807, 2.05) is 19.9 Å². The third-order valence-corrected chi connectivity index (χ3v) is 7.12. The van der Waals surface area contributed by atoms with E-state index in [1.165, 1.54) is 16.2 Å². The molecule has 100 valence electrons. The second kappa shape index (κ2) is 6.04. The van der Waals surface area contributed by atoms with Crippen molar-refractivity contribution in [1.29, 1.82) is 0 Å². The fourth-order valence-electron chi connectivity index (χ4n) is 1.57. The highest BCUT2D eigenvalue weighted by Gasteiger charge is 2.11. The highest BCUT2D eigenvalue weighted by molar-refractivity contribution is 9.10. The first-order valence-electron chi connectivity index (χ1n) is 5.63. The average Bonchev–Trinajstić information content (AvgIpc) is 2.84. The molecule has 1 nitrogen and oxygen atoms in total. The molecule has 2 heterocycles. The van der Waals surface area contributed by atoms with Gasteiger partial charge in [0.15, 0.2) is 5.78 Å². The van der Waals surface area contributed by atoms with Crippen molar-refractivity contribution in [2.24, 2.45) is 0 Å². The molecule has 0 radical (unpaired) electrons. The molecule has 0 amide bonds. The lowest BCUT2D eigenvalue weighted by Gasteiger charge is -1.95. The predicted octanol–water partition coefficient (Wildman–Crippen LogP) is 6.24. The van der Waals surface area contributed by atoms with Crippen molar-refractivity contribution in [3.8, 4) is 0 Å². The summed E-state index contributed by atoms with van der Waals surface area (Å²) in [4.78, 5) is 16.5. The first-order chi connectivity index (χ1) is 8.88. The predicted molar refractivity (Wildman–Crippen MR) is 91.5 cm³/mol. The molecule has 0 saturated carbocycles. The smallest absolute Gasteiger partial charge is 0.196 e. The third kappa shape index (κ3) is 3.45. The molecule has 5 heteroatoms. The lowest BCUT2D eigenvalue weighted by molar-refractivity contribution is 0.105. The lowest BCUT2D eigenvalue weighted by atomic mass is 10.2. The zero-order chi connectivity index (χ0) is 14.2. The summed E-state index contributed by atoms with van der Waals surface area (Å²) in [5.74, 6) is 0.0680. The van der Waals surface area contributed by atoms with Gasteiger partial charge in [-0.05, 0) is 76.4 Å². The van der Waals surface area contributed by atoms with Gasteiger partial charge in [-0.2, -0.15) is 0 Å². The molecule has 0 unspecified atom stereocenters. The second-order valence-electron chi connectivity index (χ2n) is 4.22. The molecule has 0 spiro atoms. The zero-order valence-corrected chi connectivity index (χ0v) is 15.5. The molecular weight excluding hydrogens is 408 g/mol. The van der Waals surface area contributed by atoms with Crippen LogP contribution in [0.3, 0.4) is 0 Å². The van der Waals surface area contributed by atoms with Crippen molar-refractivity contribution in [2.75, 3.05) is 0 Å². The summed E-state index contributed by atoms with van der Waals surface area (Å²) in [5.41, 5.74) is 1.01. The molecule has 0 bridgehead atoms. The Labute approximate surface area is 137 Å². The maximum atomic E-state index is 12.2. The Balaban J connectivity index is 2.27. The van der Waals surface area contributed by atoms with E-state index in [0.29, 0.717) is 0 Å². The molecule has 2 aromatic heterocycles. The highest BCUT2D eigenvalue weighted by atomic mass is 79.9. The van der Waals surface area contributed by atoms with Gasteiger partial charge in [0.05, 0.1) is 4.88 Å². The van der Waals surface area contributed by atoms with Crippen LogP contribution in [0.15, 0.2) is 27.2 Å². The fraction of sp³-hybridized carbons (Fsp3) is 0.214. The Kier molecular flexibility index (Phi) is 4.82. The van der Waals surface area contributed by atoms with Gasteiger partial charge in [-0.25, -0.2) is 0 Å². The van der Waals surface area contributed by atoms with Crippen molar-refractivity contribution in [2.45, 2.75) is 20.8 Å². The van der Waals surface area contributed by atoms with Crippen LogP contribution in [0.5, 0.6) is 0 Å². The summed E-state index contributed by atoms with van der Waals surface area (Å²) in [6.07, 6.45) is 1.72. The SMILES string of the molecule is C/C(=C/C(=O)c1cc(Br)c(C)s1)c1cc(Br)c(C)s1. The topological polar surface area (TPSA) is 17.1 Å². The highest BCUT2D eigenvalue weighted by Crippen LogP contribution is 2.32. The van der Waals surface area contributed by atoms with Gasteiger partial charge in [0, 0.05) is 23.6 Å². The zero-order valence-electron chi connectivity index (χ0n) is 10.7. The summed E-state index contributed by atoms with van der Waals surface area (Å²) >= 11 is 10.2. The minimum absolute atomic E-state index is 0.0680. The minimum Gasteiger partial charge on any atom is -0.288 e. The molecule has 2 rings (SSSR count). The number of rotatable bonds is 3. The summed E-state index contributed by atoms with van der Waals surface area (Å²) in [6, 6.07) is 3.95. The summed E-state index contributed by atoms with van der Waals surface area (Å²) in [6.45, 7) is 6.04. The van der Waals surface area contributed by atoms with Gasteiger partial charge in [-0.1, -0.05) is 0 Å². The number of aryl methyl sites for hydroxylation is 2. The lowest BCUT2D eigenvalue weighted by Crippen LogP contribution is -1.90. The molecule has 0 fully saturated rings. The maximum absolute atomic E-state index is 12.2. The van der Waals surface area contributed by atoms with Crippen molar-refractivity contribution in [1.82, 2.24) is 0 Å². The van der Waals surface area contributed by atoms with Crippen LogP contribution in [0.4, 0.5) is 0 Å². The molecule has 0 aliphatic carbocycles. The van der Waals surface area contributed by atoms with Gasteiger partial charge in [0.2, 0.25) is 0 Å². The van der Waals surface area contributed by atoms with E-state index in [-0.39, 0.29) is 5.78 Å². The number of ketones is 1. The third-order valence-electron chi connectivity index (χ3n) is 2.69. The minimum atomic E-state index is 0.0680. The van der Waals surface area contributed by atoms with Gasteiger partial charge in [-0.15, -0.1) is 22.7 Å². The van der Waals surface area contributed by atoms with Crippen molar-refractivity contribution in [3.05, 3.63) is 46.7 Å². The largest absolute Gasteiger partial charge is 0.288 e. The van der Waals surface area contributed by atoms with Gasteiger partial charge >= 0.3 is 0 Å². The molecule has 0 aliphatic heterocycles. The number of thiophene rings is 2. The van der Waals surface area contributed by atoms with Crippen LogP contribution < -0.4 is 0 Å². The molecule has 0 atom stereocenters. The van der Waals surface area contributed by atoms with Crippen LogP contribution in [-0.2, 0) is 0 Å². The van der Waals surface area contributed by atoms with Crippen LogP contribution in [0.25, 0.3) is 5.57 Å². The Hall–Kier alpha value is -0.230. The van der Waals surface area contributed by atoms with E-state index >= 15 is 0 Å². The first-order valence-corrected chi connectivity index (χ1v) is 8.85. The maximum Gasteiger partial charge on any atom is 0.196 e. The molecular formula is C14H12Br2OS2. The Morgan fingerprint density at radius 2 is 1.53 bits per heavy atom. The van der Waals surface area contributed by atoms with Crippen LogP contribution in [0, 0.1) is 13.8 Å². The molecule has 0 aromatic carbocycles. The first kappa shape index (κ1) is 15.2. The van der Waals surface area contributed by atoms with E-state index < -0.39 is 0 Å². The van der Waals surface area contributed by atoms with E-state index in [0.717, 1.165) is 29.1 Å². The van der Waals surface area contributed by atoms with Gasteiger partial charge in [0.25, 0.3) is 0 Å². The number of hydrogen-bond acceptors (Lipinski definition) is 3.